The first-order valence-corrected chi connectivity index (χ1v) is 12.4. The largest absolute Gasteiger partial charge is 0.484 e. The summed E-state index contributed by atoms with van der Waals surface area (Å²) >= 11 is 0. The van der Waals surface area contributed by atoms with E-state index in [1.165, 1.54) is 24.3 Å². The maximum Gasteiger partial charge on any atom is 0.333 e. The van der Waals surface area contributed by atoms with Crippen molar-refractivity contribution in [3.63, 3.8) is 0 Å². The van der Waals surface area contributed by atoms with E-state index in [0.717, 1.165) is 4.90 Å². The lowest BCUT2D eigenvalue weighted by Gasteiger charge is -2.52. The van der Waals surface area contributed by atoms with Gasteiger partial charge in [-0.15, -0.1) is 0 Å². The van der Waals surface area contributed by atoms with Gasteiger partial charge in [-0.1, -0.05) is 24.8 Å². The summed E-state index contributed by atoms with van der Waals surface area (Å²) in [5, 5.41) is 11.7. The molecule has 2 fully saturated rings. The Morgan fingerprint density at radius 1 is 1.14 bits per heavy atom. The van der Waals surface area contributed by atoms with Gasteiger partial charge in [-0.2, -0.15) is 0 Å². The van der Waals surface area contributed by atoms with Crippen LogP contribution < -0.4 is 10.1 Å². The molecule has 0 unspecified atom stereocenters. The van der Waals surface area contributed by atoms with Gasteiger partial charge in [-0.05, 0) is 35.4 Å². The van der Waals surface area contributed by atoms with E-state index in [1.807, 2.05) is 0 Å². The zero-order valence-corrected chi connectivity index (χ0v) is 19.6. The van der Waals surface area contributed by atoms with E-state index in [9.17, 15) is 32.9 Å². The number of nitrogens with zero attached hydrogens (tertiary/aromatic N) is 2. The van der Waals surface area contributed by atoms with Gasteiger partial charge in [0.15, 0.2) is 27.9 Å². The number of hydrogen-bond acceptors (Lipinski definition) is 9. The number of hydrogen-bond donors (Lipinski definition) is 1. The van der Waals surface area contributed by atoms with Crippen LogP contribution >= 0.6 is 0 Å². The molecule has 36 heavy (non-hydrogen) atoms. The van der Waals surface area contributed by atoms with Gasteiger partial charge < -0.3 is 19.7 Å². The number of sulfone groups is 1. The molecule has 0 spiro atoms. The Morgan fingerprint density at radius 2 is 1.81 bits per heavy atom. The predicted molar refractivity (Wildman–Crippen MR) is 124 cm³/mol. The number of carbonyl (C=O) groups excluding carboxylic acids is 3. The second-order valence-electron chi connectivity index (χ2n) is 8.18. The maximum absolute atomic E-state index is 12.8. The molecule has 3 atom stereocenters. The average Bonchev–Trinajstić information content (AvgIpc) is 2.84. The molecule has 2 saturated heterocycles. The van der Waals surface area contributed by atoms with Crippen LogP contribution in [0.4, 0.5) is 5.69 Å². The van der Waals surface area contributed by atoms with Gasteiger partial charge in [0.05, 0.1) is 10.7 Å². The fourth-order valence-electron chi connectivity index (χ4n) is 4.00. The van der Waals surface area contributed by atoms with Crippen molar-refractivity contribution >= 4 is 33.3 Å². The number of fused-ring (bicyclic) bond motifs is 1. The van der Waals surface area contributed by atoms with Crippen LogP contribution in [0, 0.1) is 10.1 Å². The van der Waals surface area contributed by atoms with Crippen molar-refractivity contribution in [2.75, 3.05) is 12.4 Å². The summed E-state index contributed by atoms with van der Waals surface area (Å²) in [7, 11) is -3.94. The van der Waals surface area contributed by atoms with Crippen LogP contribution in [0.25, 0.3) is 0 Å². The van der Waals surface area contributed by atoms with Crippen molar-refractivity contribution in [3.05, 3.63) is 82.4 Å². The molecule has 2 heterocycles. The summed E-state index contributed by atoms with van der Waals surface area (Å²) in [5.74, 6) is -2.51. The van der Waals surface area contributed by atoms with Crippen LogP contribution in [0.15, 0.2) is 66.7 Å². The number of nitro groups is 1. The monoisotopic (exact) mass is 515 g/mol. The smallest absolute Gasteiger partial charge is 0.333 e. The third-order valence-corrected chi connectivity index (χ3v) is 7.69. The molecule has 0 aromatic heterocycles. The Bertz CT molecular complexity index is 1330. The number of non-ortho nitro benzene ring substituents is 1. The Hall–Kier alpha value is -4.26. The van der Waals surface area contributed by atoms with Gasteiger partial charge in [-0.3, -0.25) is 19.7 Å². The molecule has 1 N–H and O–H groups in total. The van der Waals surface area contributed by atoms with Crippen LogP contribution in [0.1, 0.15) is 5.56 Å². The number of para-hydroxylation sites is 1. The lowest BCUT2D eigenvalue weighted by atomic mass is 9.98. The van der Waals surface area contributed by atoms with Crippen molar-refractivity contribution in [2.45, 2.75) is 24.1 Å². The normalized spacial score (nSPS) is 22.1. The molecule has 2 aromatic carbocycles. The van der Waals surface area contributed by atoms with Crippen molar-refractivity contribution in [3.8, 4) is 5.75 Å². The number of benzene rings is 2. The van der Waals surface area contributed by atoms with Gasteiger partial charge >= 0.3 is 5.97 Å². The number of ether oxygens (including phenoxy) is 2. The Morgan fingerprint density at radius 3 is 2.44 bits per heavy atom. The molecule has 0 saturated carbocycles. The number of nitrogens with one attached hydrogen (secondary N) is 1. The van der Waals surface area contributed by atoms with Crippen LogP contribution in [-0.4, -0.2) is 65.8 Å². The number of β-lactam (4-membered cyclic amide) rings is 1. The molecule has 12 nitrogen and oxygen atoms in total. The van der Waals surface area contributed by atoms with Crippen molar-refractivity contribution in [1.82, 2.24) is 10.2 Å². The lowest BCUT2D eigenvalue weighted by molar-refractivity contribution is -0.384. The Balaban J connectivity index is 1.41. The molecule has 0 bridgehead atoms. The molecule has 2 amide bonds. The standard InChI is InChI=1S/C23H21N3O9S/c1-14-13-36(32,33)22-19(24-18(27)12-34-17-5-3-2-4-6-17)21(28)25(22)20(14)23(29)35-11-15-7-9-16(10-8-15)26(30)31/h2-10,19-20,22H,1,11-13H2,(H,24,27)/t19-,20-,22-/m1/s1. The summed E-state index contributed by atoms with van der Waals surface area (Å²) in [5.41, 5.74) is 0.288. The average molecular weight is 516 g/mol. The summed E-state index contributed by atoms with van der Waals surface area (Å²) < 4.78 is 36.1. The lowest BCUT2D eigenvalue weighted by Crippen LogP contribution is -2.78. The minimum absolute atomic E-state index is 0.0366. The fourth-order valence-corrected chi connectivity index (χ4v) is 6.02. The van der Waals surface area contributed by atoms with Gasteiger partial charge in [0.25, 0.3) is 17.5 Å². The van der Waals surface area contributed by atoms with Crippen molar-refractivity contribution in [2.24, 2.45) is 0 Å². The van der Waals surface area contributed by atoms with E-state index in [2.05, 4.69) is 11.9 Å². The number of carbonyl (C=O) groups is 3. The van der Waals surface area contributed by atoms with Gasteiger partial charge in [0.1, 0.15) is 18.4 Å². The summed E-state index contributed by atoms with van der Waals surface area (Å²) in [4.78, 5) is 49.0. The van der Waals surface area contributed by atoms with Crippen LogP contribution in [0.5, 0.6) is 5.75 Å². The van der Waals surface area contributed by atoms with E-state index in [4.69, 9.17) is 9.47 Å². The zero-order valence-electron chi connectivity index (χ0n) is 18.7. The van der Waals surface area contributed by atoms with Gasteiger partial charge in [0.2, 0.25) is 0 Å². The number of amides is 2. The summed E-state index contributed by atoms with van der Waals surface area (Å²) in [6.07, 6.45) is 0. The van der Waals surface area contributed by atoms with E-state index in [0.29, 0.717) is 11.3 Å². The Kier molecular flexibility index (Phi) is 6.75. The fraction of sp³-hybridized carbons (Fsp3) is 0.261. The molecular formula is C23H21N3O9S. The molecule has 2 aromatic rings. The molecule has 0 aliphatic carbocycles. The number of rotatable bonds is 8. The van der Waals surface area contributed by atoms with Crippen LogP contribution in [0.3, 0.4) is 0 Å². The molecule has 13 heteroatoms. The van der Waals surface area contributed by atoms with Gasteiger partial charge in [-0.25, -0.2) is 13.2 Å². The van der Waals surface area contributed by atoms with Crippen LogP contribution in [0.2, 0.25) is 0 Å². The second-order valence-corrected chi connectivity index (χ2v) is 10.3. The summed E-state index contributed by atoms with van der Waals surface area (Å²) in [6.45, 7) is 2.95. The quantitative estimate of drug-likeness (QED) is 0.175. The Labute approximate surface area is 205 Å². The molecule has 0 radical (unpaired) electrons. The molecular weight excluding hydrogens is 494 g/mol. The first kappa shape index (κ1) is 24.9. The minimum Gasteiger partial charge on any atom is -0.484 e. The van der Waals surface area contributed by atoms with Crippen molar-refractivity contribution < 1.29 is 37.2 Å². The summed E-state index contributed by atoms with van der Waals surface area (Å²) in [6, 6.07) is 11.0. The first-order chi connectivity index (χ1) is 17.1. The van der Waals surface area contributed by atoms with Crippen LogP contribution in [-0.2, 0) is 35.6 Å². The van der Waals surface area contributed by atoms with Gasteiger partial charge in [0, 0.05) is 12.1 Å². The molecule has 4 rings (SSSR count). The molecule has 2 aliphatic rings. The third kappa shape index (κ3) is 4.91. The highest BCUT2D eigenvalue weighted by Gasteiger charge is 2.62. The number of esters is 1. The molecule has 188 valence electrons. The van der Waals surface area contributed by atoms with Crippen molar-refractivity contribution in [1.29, 1.82) is 0 Å². The number of nitro benzene ring substituents is 1. The van der Waals surface area contributed by atoms with E-state index >= 15 is 0 Å². The zero-order chi connectivity index (χ0) is 26.0. The van der Waals surface area contributed by atoms with E-state index < -0.39 is 62.4 Å². The predicted octanol–water partition coefficient (Wildman–Crippen LogP) is 0.723. The highest BCUT2D eigenvalue weighted by molar-refractivity contribution is 7.92. The van der Waals surface area contributed by atoms with E-state index in [-0.39, 0.29) is 17.9 Å². The first-order valence-electron chi connectivity index (χ1n) is 10.7. The SMILES string of the molecule is C=C1CS(=O)(=O)[C@@H]2[C@H](NC(=O)COc3ccccc3)C(=O)N2[C@H]1C(=O)OCc1ccc([N+](=O)[O-])cc1. The third-order valence-electron chi connectivity index (χ3n) is 5.68. The topological polar surface area (TPSA) is 162 Å². The molecule has 2 aliphatic heterocycles. The maximum atomic E-state index is 12.8. The second kappa shape index (κ2) is 9.77. The highest BCUT2D eigenvalue weighted by Crippen LogP contribution is 2.36. The minimum atomic E-state index is -3.94. The van der Waals surface area contributed by atoms with E-state index in [1.54, 1.807) is 30.3 Å². The highest BCUT2D eigenvalue weighted by atomic mass is 32.2.